The van der Waals surface area contributed by atoms with Gasteiger partial charge in [0.2, 0.25) is 0 Å². The quantitative estimate of drug-likeness (QED) is 0.595. The molecule has 2 atom stereocenters. The number of phenols is 1. The second kappa shape index (κ2) is 10.1. The summed E-state index contributed by atoms with van der Waals surface area (Å²) in [5.74, 6) is -0.460. The molecule has 11 heteroatoms. The topological polar surface area (TPSA) is 84.4 Å². The van der Waals surface area contributed by atoms with Crippen LogP contribution in [0.25, 0.3) is 11.3 Å². The molecule has 6 rings (SSSR count). The normalized spacial score (nSPS) is 25.7. The van der Waals surface area contributed by atoms with Crippen molar-refractivity contribution in [2.45, 2.75) is 37.9 Å². The van der Waals surface area contributed by atoms with Gasteiger partial charge in [-0.15, -0.1) is 0 Å². The summed E-state index contributed by atoms with van der Waals surface area (Å²) in [7, 11) is 2.14. The number of fused-ring (bicyclic) bond motifs is 2. The number of aromatic hydroxyl groups is 1. The molecule has 4 aliphatic heterocycles. The molecule has 3 fully saturated rings. The van der Waals surface area contributed by atoms with Gasteiger partial charge in [-0.2, -0.15) is 0 Å². The summed E-state index contributed by atoms with van der Waals surface area (Å²) in [6.45, 7) is 11.1. The molecule has 3 saturated heterocycles. The number of carbonyl (C=O) groups excluding carboxylic acids is 1. The number of aromatic nitrogens is 1. The van der Waals surface area contributed by atoms with E-state index in [0.29, 0.717) is 37.6 Å². The molecule has 39 heavy (non-hydrogen) atoms. The maximum Gasteiger partial charge on any atom is 0.261 e. The third kappa shape index (κ3) is 4.61. The number of pyridine rings is 1. The number of phenolic OH excluding ortho intramolecular Hbond substituents is 1. The Morgan fingerprint density at radius 3 is 2.67 bits per heavy atom. The van der Waals surface area contributed by atoms with E-state index in [1.54, 1.807) is 0 Å². The summed E-state index contributed by atoms with van der Waals surface area (Å²) >= 11 is 6.87. The number of carbonyl (C=O) groups is 1. The zero-order valence-electron chi connectivity index (χ0n) is 22.7. The molecular weight excluding hydrogens is 523 g/mol. The van der Waals surface area contributed by atoms with Crippen LogP contribution >= 0.6 is 11.6 Å². The Bertz CT molecular complexity index is 1260. The van der Waals surface area contributed by atoms with Crippen LogP contribution < -0.4 is 15.0 Å². The third-order valence-electron chi connectivity index (χ3n) is 8.72. The van der Waals surface area contributed by atoms with Gasteiger partial charge in [-0.1, -0.05) is 17.7 Å². The average Bonchev–Trinajstić information content (AvgIpc) is 3.14. The van der Waals surface area contributed by atoms with Crippen molar-refractivity contribution < 1.29 is 19.0 Å². The second-order valence-corrected chi connectivity index (χ2v) is 12.1. The molecule has 0 radical (unpaired) electrons. The SMILES string of the molecule is CN1CCN(C2CN(c3nc(-c4c(O)cccc4F)c(Cl)c4c3C(=O)N3CCNC[C@@H]3CO4)C(C)(C)C2)CC1. The number of rotatable bonds is 3. The Hall–Kier alpha value is -2.66. The lowest BCUT2D eigenvalue weighted by atomic mass is 9.98. The van der Waals surface area contributed by atoms with Gasteiger partial charge in [-0.25, -0.2) is 9.37 Å². The Kier molecular flexibility index (Phi) is 6.86. The van der Waals surface area contributed by atoms with Crippen LogP contribution in [0.15, 0.2) is 18.2 Å². The van der Waals surface area contributed by atoms with Crippen molar-refractivity contribution in [2.24, 2.45) is 0 Å². The van der Waals surface area contributed by atoms with Crippen molar-refractivity contribution in [2.75, 3.05) is 70.9 Å². The first-order chi connectivity index (χ1) is 18.7. The number of hydrogen-bond acceptors (Lipinski definition) is 8. The molecule has 210 valence electrons. The zero-order valence-corrected chi connectivity index (χ0v) is 23.5. The largest absolute Gasteiger partial charge is 0.507 e. The van der Waals surface area contributed by atoms with Gasteiger partial charge in [0.1, 0.15) is 40.3 Å². The highest BCUT2D eigenvalue weighted by Crippen LogP contribution is 2.48. The molecule has 4 aliphatic rings. The molecule has 1 aromatic heterocycles. The summed E-state index contributed by atoms with van der Waals surface area (Å²) in [6, 6.07) is 4.22. The standard InChI is InChI=1S/C28H36ClFN6O3/c1-28(2)13-17(34-11-9-33(3)10-12-34)15-36(28)26-22-25(39-16-18-14-31-7-8-35(18)27(22)38)23(29)24(32-26)21-19(30)5-4-6-20(21)37/h4-6,17-18,31,37H,7-16H2,1-3H3/t17?,18-/m1/s1. The monoisotopic (exact) mass is 558 g/mol. The van der Waals surface area contributed by atoms with Crippen LogP contribution in [0.5, 0.6) is 11.5 Å². The minimum atomic E-state index is -0.645. The fraction of sp³-hybridized carbons (Fsp3) is 0.571. The minimum absolute atomic E-state index is 0.0305. The summed E-state index contributed by atoms with van der Waals surface area (Å²) < 4.78 is 21.4. The number of benzene rings is 1. The van der Waals surface area contributed by atoms with Crippen LogP contribution in [0.3, 0.4) is 0 Å². The van der Waals surface area contributed by atoms with E-state index in [1.165, 1.54) is 18.2 Å². The van der Waals surface area contributed by atoms with Gasteiger partial charge in [0.05, 0.1) is 11.6 Å². The molecule has 5 heterocycles. The molecule has 0 aliphatic carbocycles. The fourth-order valence-corrected chi connectivity index (χ4v) is 6.77. The van der Waals surface area contributed by atoms with E-state index in [4.69, 9.17) is 21.3 Å². The summed E-state index contributed by atoms with van der Waals surface area (Å²) in [4.78, 5) is 27.9. The van der Waals surface area contributed by atoms with Crippen molar-refractivity contribution in [3.8, 4) is 22.8 Å². The van der Waals surface area contributed by atoms with E-state index in [0.717, 1.165) is 32.6 Å². The number of anilines is 1. The van der Waals surface area contributed by atoms with E-state index in [2.05, 4.69) is 40.9 Å². The third-order valence-corrected chi connectivity index (χ3v) is 9.07. The highest BCUT2D eigenvalue weighted by Gasteiger charge is 2.46. The number of piperazine rings is 2. The van der Waals surface area contributed by atoms with Crippen molar-refractivity contribution >= 4 is 23.3 Å². The van der Waals surface area contributed by atoms with Gasteiger partial charge < -0.3 is 29.9 Å². The Labute approximate surface area is 233 Å². The Morgan fingerprint density at radius 2 is 1.92 bits per heavy atom. The zero-order chi connectivity index (χ0) is 27.5. The number of hydrogen-bond donors (Lipinski definition) is 2. The first-order valence-corrected chi connectivity index (χ1v) is 14.1. The van der Waals surface area contributed by atoms with Crippen LogP contribution in [-0.4, -0.2) is 114 Å². The molecule has 2 N–H and O–H groups in total. The summed E-state index contributed by atoms with van der Waals surface area (Å²) in [5, 5.41) is 14.0. The van der Waals surface area contributed by atoms with Crippen molar-refractivity contribution in [3.05, 3.63) is 34.6 Å². The van der Waals surface area contributed by atoms with E-state index in [-0.39, 0.29) is 57.9 Å². The molecule has 2 aromatic rings. The maximum absolute atomic E-state index is 15.1. The number of ether oxygens (including phenoxy) is 1. The second-order valence-electron chi connectivity index (χ2n) is 11.7. The van der Waals surface area contributed by atoms with Gasteiger partial charge in [0, 0.05) is 63.9 Å². The van der Waals surface area contributed by atoms with Crippen molar-refractivity contribution in [1.29, 1.82) is 0 Å². The molecule has 1 amide bonds. The minimum Gasteiger partial charge on any atom is -0.507 e. The predicted molar refractivity (Wildman–Crippen MR) is 148 cm³/mol. The summed E-state index contributed by atoms with van der Waals surface area (Å²) in [5.41, 5.74) is -0.0485. The number of nitrogens with zero attached hydrogens (tertiary/aromatic N) is 5. The number of halogens is 2. The van der Waals surface area contributed by atoms with Crippen LogP contribution in [0.4, 0.5) is 10.2 Å². The van der Waals surface area contributed by atoms with Crippen LogP contribution in [0.2, 0.25) is 5.02 Å². The van der Waals surface area contributed by atoms with Gasteiger partial charge in [0.25, 0.3) is 5.91 Å². The summed E-state index contributed by atoms with van der Waals surface area (Å²) in [6.07, 6.45) is 0.890. The number of likely N-dealkylation sites (N-methyl/N-ethyl adjacent to an activating group) is 1. The van der Waals surface area contributed by atoms with E-state index < -0.39 is 5.82 Å². The van der Waals surface area contributed by atoms with Crippen molar-refractivity contribution in [3.63, 3.8) is 0 Å². The first kappa shape index (κ1) is 26.6. The molecule has 0 saturated carbocycles. The van der Waals surface area contributed by atoms with Crippen LogP contribution in [-0.2, 0) is 0 Å². The Balaban J connectivity index is 1.50. The highest BCUT2D eigenvalue weighted by molar-refractivity contribution is 6.35. The van der Waals surface area contributed by atoms with Gasteiger partial charge in [-0.3, -0.25) is 9.69 Å². The molecule has 1 unspecified atom stereocenters. The van der Waals surface area contributed by atoms with E-state index in [9.17, 15) is 9.90 Å². The molecule has 0 spiro atoms. The van der Waals surface area contributed by atoms with Gasteiger partial charge >= 0.3 is 0 Å². The molecule has 0 bridgehead atoms. The smallest absolute Gasteiger partial charge is 0.261 e. The average molecular weight is 559 g/mol. The lowest BCUT2D eigenvalue weighted by Gasteiger charge is -2.36. The van der Waals surface area contributed by atoms with Gasteiger partial charge in [-0.05, 0) is 39.4 Å². The van der Waals surface area contributed by atoms with E-state index >= 15 is 4.39 Å². The molecule has 9 nitrogen and oxygen atoms in total. The molecule has 1 aromatic carbocycles. The van der Waals surface area contributed by atoms with Crippen LogP contribution in [0, 0.1) is 5.82 Å². The predicted octanol–water partition coefficient (Wildman–Crippen LogP) is 2.66. The van der Waals surface area contributed by atoms with E-state index in [1.807, 2.05) is 4.90 Å². The lowest BCUT2D eigenvalue weighted by Crippen LogP contribution is -2.55. The number of nitrogens with one attached hydrogen (secondary N) is 1. The number of amides is 1. The first-order valence-electron chi connectivity index (χ1n) is 13.7. The van der Waals surface area contributed by atoms with Crippen LogP contribution in [0.1, 0.15) is 30.6 Å². The van der Waals surface area contributed by atoms with Crippen molar-refractivity contribution in [1.82, 2.24) is 25.0 Å². The highest BCUT2D eigenvalue weighted by atomic mass is 35.5. The van der Waals surface area contributed by atoms with Gasteiger partial charge in [0.15, 0.2) is 5.75 Å². The lowest BCUT2D eigenvalue weighted by molar-refractivity contribution is 0.0606. The maximum atomic E-state index is 15.1. The fourth-order valence-electron chi connectivity index (χ4n) is 6.48. The molecular formula is C28H36ClFN6O3. The Morgan fingerprint density at radius 1 is 1.15 bits per heavy atom.